The second-order valence-corrected chi connectivity index (χ2v) is 5.64. The first-order valence-electron chi connectivity index (χ1n) is 7.74. The molecule has 1 aromatic carbocycles. The maximum Gasteiger partial charge on any atom is 0.226 e. The number of anilines is 2. The van der Waals surface area contributed by atoms with E-state index in [-0.39, 0.29) is 11.8 Å². The Labute approximate surface area is 123 Å². The zero-order chi connectivity index (χ0) is 15.0. The molecule has 0 spiro atoms. The molecule has 3 nitrogen and oxygen atoms in total. The van der Waals surface area contributed by atoms with E-state index in [4.69, 9.17) is 0 Å². The van der Waals surface area contributed by atoms with Crippen molar-refractivity contribution in [3.8, 4) is 0 Å². The van der Waals surface area contributed by atoms with Crippen molar-refractivity contribution in [2.45, 2.75) is 59.4 Å². The molecule has 2 N–H and O–H groups in total. The summed E-state index contributed by atoms with van der Waals surface area (Å²) >= 11 is 0. The molecule has 3 heteroatoms. The van der Waals surface area contributed by atoms with Crippen LogP contribution in [0, 0.1) is 5.92 Å². The van der Waals surface area contributed by atoms with Crippen LogP contribution in [-0.4, -0.2) is 11.9 Å². The fraction of sp³-hybridized carbons (Fsp3) is 0.588. The Balaban J connectivity index is 2.69. The van der Waals surface area contributed by atoms with Gasteiger partial charge in [-0.25, -0.2) is 0 Å². The largest absolute Gasteiger partial charge is 0.382 e. The molecule has 1 amide bonds. The highest BCUT2D eigenvalue weighted by molar-refractivity contribution is 5.92. The summed E-state index contributed by atoms with van der Waals surface area (Å²) in [4.78, 5) is 11.7. The minimum absolute atomic E-state index is 0.000420. The van der Waals surface area contributed by atoms with Gasteiger partial charge >= 0.3 is 0 Å². The molecule has 1 aromatic rings. The number of hydrogen-bond donors (Lipinski definition) is 2. The van der Waals surface area contributed by atoms with Crippen molar-refractivity contribution >= 4 is 17.3 Å². The molecule has 0 aliphatic heterocycles. The van der Waals surface area contributed by atoms with E-state index in [0.717, 1.165) is 11.4 Å². The van der Waals surface area contributed by atoms with Crippen molar-refractivity contribution in [1.29, 1.82) is 0 Å². The topological polar surface area (TPSA) is 41.1 Å². The standard InChI is InChI=1S/C17H28N2O/c1-5-8-14(9-6-2)18-15-10-7-11-16(12-15)19-17(20)13(3)4/h7,10-14,18H,5-6,8-9H2,1-4H3,(H,19,20). The predicted molar refractivity (Wildman–Crippen MR) is 87.1 cm³/mol. The van der Waals surface area contributed by atoms with Crippen LogP contribution in [0.2, 0.25) is 0 Å². The normalized spacial score (nSPS) is 10.9. The number of carbonyl (C=O) groups excluding carboxylic acids is 1. The molecule has 0 radical (unpaired) electrons. The molecule has 0 saturated carbocycles. The molecule has 0 heterocycles. The van der Waals surface area contributed by atoms with E-state index in [9.17, 15) is 4.79 Å². The third-order valence-corrected chi connectivity index (χ3v) is 3.30. The highest BCUT2D eigenvalue weighted by Gasteiger charge is 2.09. The van der Waals surface area contributed by atoms with Crippen molar-refractivity contribution in [2.75, 3.05) is 10.6 Å². The Morgan fingerprint density at radius 1 is 1.10 bits per heavy atom. The first-order chi connectivity index (χ1) is 9.56. The summed E-state index contributed by atoms with van der Waals surface area (Å²) in [6.45, 7) is 8.22. The summed E-state index contributed by atoms with van der Waals surface area (Å²) in [5.74, 6) is 0.0559. The fourth-order valence-corrected chi connectivity index (χ4v) is 2.19. The van der Waals surface area contributed by atoms with Crippen LogP contribution in [0.15, 0.2) is 24.3 Å². The van der Waals surface area contributed by atoms with E-state index in [1.54, 1.807) is 0 Å². The molecule has 1 rings (SSSR count). The van der Waals surface area contributed by atoms with Crippen molar-refractivity contribution < 1.29 is 4.79 Å². The average molecular weight is 276 g/mol. The third-order valence-electron chi connectivity index (χ3n) is 3.30. The molecule has 0 atom stereocenters. The smallest absolute Gasteiger partial charge is 0.226 e. The van der Waals surface area contributed by atoms with Gasteiger partial charge in [0.1, 0.15) is 0 Å². The lowest BCUT2D eigenvalue weighted by molar-refractivity contribution is -0.118. The second-order valence-electron chi connectivity index (χ2n) is 5.64. The number of carbonyl (C=O) groups is 1. The van der Waals surface area contributed by atoms with Gasteiger partial charge in [0, 0.05) is 23.3 Å². The van der Waals surface area contributed by atoms with Crippen molar-refractivity contribution in [3.63, 3.8) is 0 Å². The van der Waals surface area contributed by atoms with Gasteiger partial charge < -0.3 is 10.6 Å². The summed E-state index contributed by atoms with van der Waals surface area (Å²) in [6.07, 6.45) is 4.72. The van der Waals surface area contributed by atoms with Crippen molar-refractivity contribution in [3.05, 3.63) is 24.3 Å². The fourth-order valence-electron chi connectivity index (χ4n) is 2.19. The number of rotatable bonds is 8. The first-order valence-corrected chi connectivity index (χ1v) is 7.74. The molecule has 20 heavy (non-hydrogen) atoms. The summed E-state index contributed by atoms with van der Waals surface area (Å²) in [5, 5.41) is 6.51. The van der Waals surface area contributed by atoms with Crippen LogP contribution in [0.25, 0.3) is 0 Å². The Morgan fingerprint density at radius 3 is 2.25 bits per heavy atom. The molecule has 0 fully saturated rings. The van der Waals surface area contributed by atoms with Gasteiger partial charge in [-0.05, 0) is 31.0 Å². The van der Waals surface area contributed by atoms with Crippen LogP contribution in [0.5, 0.6) is 0 Å². The van der Waals surface area contributed by atoms with Crippen LogP contribution >= 0.6 is 0 Å². The van der Waals surface area contributed by atoms with E-state index >= 15 is 0 Å². The maximum absolute atomic E-state index is 11.7. The quantitative estimate of drug-likeness (QED) is 0.725. The highest BCUT2D eigenvalue weighted by atomic mass is 16.1. The Kier molecular flexibility index (Phi) is 7.13. The molecular formula is C17H28N2O. The minimum Gasteiger partial charge on any atom is -0.382 e. The van der Waals surface area contributed by atoms with Crippen LogP contribution in [-0.2, 0) is 4.79 Å². The van der Waals surface area contributed by atoms with Gasteiger partial charge in [-0.3, -0.25) is 4.79 Å². The zero-order valence-corrected chi connectivity index (χ0v) is 13.2. The van der Waals surface area contributed by atoms with E-state index in [1.165, 1.54) is 25.7 Å². The lowest BCUT2D eigenvalue weighted by Gasteiger charge is -2.19. The minimum atomic E-state index is -0.000420. The van der Waals surface area contributed by atoms with Gasteiger partial charge in [-0.15, -0.1) is 0 Å². The zero-order valence-electron chi connectivity index (χ0n) is 13.2. The van der Waals surface area contributed by atoms with Gasteiger partial charge in [-0.2, -0.15) is 0 Å². The molecule has 0 aliphatic rings. The first kappa shape index (κ1) is 16.5. The van der Waals surface area contributed by atoms with Gasteiger partial charge in [0.25, 0.3) is 0 Å². The molecular weight excluding hydrogens is 248 g/mol. The van der Waals surface area contributed by atoms with Crippen LogP contribution in [0.4, 0.5) is 11.4 Å². The Hall–Kier alpha value is -1.51. The highest BCUT2D eigenvalue weighted by Crippen LogP contribution is 2.19. The summed E-state index contributed by atoms with van der Waals surface area (Å²) < 4.78 is 0. The molecule has 0 saturated heterocycles. The van der Waals surface area contributed by atoms with Gasteiger partial charge in [0.15, 0.2) is 0 Å². The summed E-state index contributed by atoms with van der Waals surface area (Å²) in [5.41, 5.74) is 1.94. The number of hydrogen-bond acceptors (Lipinski definition) is 2. The summed E-state index contributed by atoms with van der Waals surface area (Å²) in [6, 6.07) is 8.50. The monoisotopic (exact) mass is 276 g/mol. The number of benzene rings is 1. The molecule has 112 valence electrons. The van der Waals surface area contributed by atoms with Gasteiger partial charge in [0.2, 0.25) is 5.91 Å². The lowest BCUT2D eigenvalue weighted by Crippen LogP contribution is -2.20. The van der Waals surface area contributed by atoms with E-state index in [0.29, 0.717) is 6.04 Å². The van der Waals surface area contributed by atoms with E-state index in [1.807, 2.05) is 32.0 Å². The summed E-state index contributed by atoms with van der Waals surface area (Å²) in [7, 11) is 0. The lowest BCUT2D eigenvalue weighted by atomic mass is 10.1. The predicted octanol–water partition coefficient (Wildman–Crippen LogP) is 4.66. The third kappa shape index (κ3) is 5.64. The molecule has 0 aromatic heterocycles. The number of nitrogens with one attached hydrogen (secondary N) is 2. The average Bonchev–Trinajstić information content (AvgIpc) is 2.39. The SMILES string of the molecule is CCCC(CCC)Nc1cccc(NC(=O)C(C)C)c1. The Morgan fingerprint density at radius 2 is 1.70 bits per heavy atom. The maximum atomic E-state index is 11.7. The molecule has 0 bridgehead atoms. The van der Waals surface area contributed by atoms with Crippen LogP contribution < -0.4 is 10.6 Å². The van der Waals surface area contributed by atoms with Gasteiger partial charge in [0.05, 0.1) is 0 Å². The van der Waals surface area contributed by atoms with Crippen LogP contribution in [0.3, 0.4) is 0 Å². The van der Waals surface area contributed by atoms with E-state index < -0.39 is 0 Å². The van der Waals surface area contributed by atoms with Gasteiger partial charge in [-0.1, -0.05) is 46.6 Å². The second kappa shape index (κ2) is 8.62. The van der Waals surface area contributed by atoms with E-state index in [2.05, 4.69) is 30.5 Å². The molecule has 0 aliphatic carbocycles. The van der Waals surface area contributed by atoms with Crippen LogP contribution in [0.1, 0.15) is 53.4 Å². The molecule has 0 unspecified atom stereocenters. The van der Waals surface area contributed by atoms with Crippen molar-refractivity contribution in [2.24, 2.45) is 5.92 Å². The number of amides is 1. The Bertz CT molecular complexity index is 409. The van der Waals surface area contributed by atoms with Crippen molar-refractivity contribution in [1.82, 2.24) is 0 Å².